The van der Waals surface area contributed by atoms with Gasteiger partial charge < -0.3 is 19.3 Å². The van der Waals surface area contributed by atoms with Crippen LogP contribution in [0.25, 0.3) is 0 Å². The fraction of sp³-hybridized carbons (Fsp3) is 0.583. The summed E-state index contributed by atoms with van der Waals surface area (Å²) in [6.45, 7) is 5.76. The molecule has 0 amide bonds. The van der Waals surface area contributed by atoms with Crippen LogP contribution in [0.3, 0.4) is 0 Å². The summed E-state index contributed by atoms with van der Waals surface area (Å²) in [6, 6.07) is 4.69. The second kappa shape index (κ2) is 10.4. The van der Waals surface area contributed by atoms with Crippen molar-refractivity contribution in [3.05, 3.63) is 50.0 Å². The molecule has 1 saturated heterocycles. The summed E-state index contributed by atoms with van der Waals surface area (Å²) in [5, 5.41) is 24.5. The molecule has 1 N–H and O–H groups in total. The summed E-state index contributed by atoms with van der Waals surface area (Å²) in [4.78, 5) is 26.9. The first-order chi connectivity index (χ1) is 16.2. The molecule has 2 heterocycles. The molecule has 10 heteroatoms. The molecule has 0 spiro atoms. The third-order valence-electron chi connectivity index (χ3n) is 6.58. The van der Waals surface area contributed by atoms with Crippen molar-refractivity contribution in [2.75, 3.05) is 6.61 Å². The molecule has 2 aromatic rings. The van der Waals surface area contributed by atoms with Crippen LogP contribution in [0, 0.1) is 34.8 Å². The number of nitro groups is 1. The number of carbonyl (C=O) groups excluding carboxylic acids is 1. The predicted octanol–water partition coefficient (Wildman–Crippen LogP) is 4.36. The zero-order valence-corrected chi connectivity index (χ0v) is 20.3. The molecule has 184 valence electrons. The summed E-state index contributed by atoms with van der Waals surface area (Å²) in [5.41, 5.74) is 1.32. The van der Waals surface area contributed by atoms with Crippen molar-refractivity contribution in [3.8, 4) is 5.75 Å². The van der Waals surface area contributed by atoms with Crippen LogP contribution in [0.2, 0.25) is 0 Å². The van der Waals surface area contributed by atoms with Gasteiger partial charge in [0.15, 0.2) is 0 Å². The normalized spacial score (nSPS) is 26.3. The number of aryl methyl sites for hydroxylation is 1. The zero-order valence-electron chi connectivity index (χ0n) is 19.5. The van der Waals surface area contributed by atoms with E-state index in [4.69, 9.17) is 14.2 Å². The van der Waals surface area contributed by atoms with E-state index in [1.807, 2.05) is 5.38 Å². The standard InChI is InChI=1S/C24H30N2O7S/c1-13(2)24(28)32-10-15-12-34-23(25-15)21-7-5-17-18(20(27)9-22(17)33-21)11-31-16-4-6-19(26(29)30)14(3)8-16/h4,6,8,12-13,17-18,20-22,27H,5,7,9-11H2,1-3H3/t17-,18?,20-,21-,22+/m1/s1. The highest BCUT2D eigenvalue weighted by atomic mass is 32.1. The maximum Gasteiger partial charge on any atom is 0.308 e. The van der Waals surface area contributed by atoms with E-state index in [0.717, 1.165) is 23.5 Å². The number of ether oxygens (including phenoxy) is 3. The number of aliphatic hydroxyl groups excluding tert-OH is 1. The van der Waals surface area contributed by atoms with Gasteiger partial charge in [0.1, 0.15) is 23.5 Å². The van der Waals surface area contributed by atoms with Crippen LogP contribution >= 0.6 is 11.3 Å². The maximum absolute atomic E-state index is 11.7. The van der Waals surface area contributed by atoms with E-state index in [0.29, 0.717) is 24.3 Å². The number of aromatic nitrogens is 1. The molecule has 0 bridgehead atoms. The Morgan fingerprint density at radius 3 is 2.88 bits per heavy atom. The van der Waals surface area contributed by atoms with Gasteiger partial charge in [0.25, 0.3) is 5.69 Å². The van der Waals surface area contributed by atoms with Crippen molar-refractivity contribution < 1.29 is 29.0 Å². The maximum atomic E-state index is 11.7. The average Bonchev–Trinajstić information content (AvgIpc) is 3.39. The van der Waals surface area contributed by atoms with E-state index >= 15 is 0 Å². The number of benzene rings is 1. The molecule has 1 aromatic heterocycles. The first-order valence-corrected chi connectivity index (χ1v) is 12.4. The minimum Gasteiger partial charge on any atom is -0.493 e. The molecule has 1 aliphatic heterocycles. The minimum absolute atomic E-state index is 0.0588. The average molecular weight is 491 g/mol. The predicted molar refractivity (Wildman–Crippen MR) is 125 cm³/mol. The molecule has 0 radical (unpaired) electrons. The van der Waals surface area contributed by atoms with Gasteiger partial charge in [0.05, 0.1) is 35.3 Å². The highest BCUT2D eigenvalue weighted by Crippen LogP contribution is 2.46. The number of thiazole rings is 1. The highest BCUT2D eigenvalue weighted by molar-refractivity contribution is 7.09. The van der Waals surface area contributed by atoms with Crippen LogP contribution in [0.15, 0.2) is 23.6 Å². The summed E-state index contributed by atoms with van der Waals surface area (Å²) >= 11 is 1.50. The largest absolute Gasteiger partial charge is 0.493 e. The van der Waals surface area contributed by atoms with Crippen molar-refractivity contribution in [3.63, 3.8) is 0 Å². The van der Waals surface area contributed by atoms with E-state index in [9.17, 15) is 20.0 Å². The first-order valence-electron chi connectivity index (χ1n) is 11.5. The third kappa shape index (κ3) is 5.39. The monoisotopic (exact) mass is 490 g/mol. The van der Waals surface area contributed by atoms with Gasteiger partial charge in [-0.05, 0) is 37.8 Å². The smallest absolute Gasteiger partial charge is 0.308 e. The van der Waals surface area contributed by atoms with Gasteiger partial charge in [-0.15, -0.1) is 11.3 Å². The van der Waals surface area contributed by atoms with Crippen molar-refractivity contribution >= 4 is 23.0 Å². The van der Waals surface area contributed by atoms with Gasteiger partial charge in [0.2, 0.25) is 0 Å². The Morgan fingerprint density at radius 1 is 1.38 bits per heavy atom. The Hall–Kier alpha value is -2.56. The second-order valence-electron chi connectivity index (χ2n) is 9.33. The summed E-state index contributed by atoms with van der Waals surface area (Å²) in [7, 11) is 0. The number of hydrogen-bond donors (Lipinski definition) is 1. The number of nitro benzene ring substituents is 1. The number of esters is 1. The molecule has 4 rings (SSSR count). The van der Waals surface area contributed by atoms with Crippen LogP contribution in [0.1, 0.15) is 55.5 Å². The lowest BCUT2D eigenvalue weighted by Gasteiger charge is -2.33. The van der Waals surface area contributed by atoms with Gasteiger partial charge in [-0.25, -0.2) is 4.98 Å². The molecular weight excluding hydrogens is 460 g/mol. The quantitative estimate of drug-likeness (QED) is 0.329. The van der Waals surface area contributed by atoms with Crippen molar-refractivity contribution in [1.82, 2.24) is 4.98 Å². The molecule has 1 saturated carbocycles. The summed E-state index contributed by atoms with van der Waals surface area (Å²) in [6.07, 6.45) is 1.47. The Kier molecular flexibility index (Phi) is 7.49. The van der Waals surface area contributed by atoms with Gasteiger partial charge >= 0.3 is 5.97 Å². The Bertz CT molecular complexity index is 1040. The molecule has 1 unspecified atom stereocenters. The fourth-order valence-corrected chi connectivity index (χ4v) is 5.58. The Balaban J connectivity index is 1.32. The first kappa shape index (κ1) is 24.6. The Morgan fingerprint density at radius 2 is 2.18 bits per heavy atom. The minimum atomic E-state index is -0.532. The van der Waals surface area contributed by atoms with E-state index in [2.05, 4.69) is 4.98 Å². The highest BCUT2D eigenvalue weighted by Gasteiger charge is 2.47. The van der Waals surface area contributed by atoms with Gasteiger partial charge in [-0.1, -0.05) is 13.8 Å². The van der Waals surface area contributed by atoms with Crippen LogP contribution < -0.4 is 4.74 Å². The van der Waals surface area contributed by atoms with Gasteiger partial charge in [-0.3, -0.25) is 14.9 Å². The topological polar surface area (TPSA) is 121 Å². The van der Waals surface area contributed by atoms with Crippen LogP contribution in [0.4, 0.5) is 5.69 Å². The molecule has 2 aliphatic rings. The van der Waals surface area contributed by atoms with E-state index in [-0.39, 0.29) is 48.2 Å². The van der Waals surface area contributed by atoms with Gasteiger partial charge in [0, 0.05) is 29.3 Å². The number of hydrogen-bond acceptors (Lipinski definition) is 9. The molecule has 34 heavy (non-hydrogen) atoms. The molecule has 5 atom stereocenters. The molecule has 1 aliphatic carbocycles. The lowest BCUT2D eigenvalue weighted by Crippen LogP contribution is -2.33. The molecule has 1 aromatic carbocycles. The summed E-state index contributed by atoms with van der Waals surface area (Å²) < 4.78 is 17.5. The summed E-state index contributed by atoms with van der Waals surface area (Å²) in [5.74, 6) is 0.248. The van der Waals surface area contributed by atoms with Gasteiger partial charge in [-0.2, -0.15) is 0 Å². The lowest BCUT2D eigenvalue weighted by molar-refractivity contribution is -0.385. The SMILES string of the molecule is Cc1cc(OCC2[C@H](O)C[C@@H]3O[C@@H](c4nc(COC(=O)C(C)C)cs4)CC[C@H]23)ccc1[N+](=O)[O-]. The molecule has 2 fully saturated rings. The second-order valence-corrected chi connectivity index (χ2v) is 10.2. The van der Waals surface area contributed by atoms with E-state index in [1.165, 1.54) is 17.4 Å². The Labute approximate surface area is 202 Å². The molecule has 9 nitrogen and oxygen atoms in total. The molecular formula is C24H30N2O7S. The number of fused-ring (bicyclic) bond motifs is 1. The number of aliphatic hydroxyl groups is 1. The van der Waals surface area contributed by atoms with Crippen molar-refractivity contribution in [2.45, 2.75) is 65.0 Å². The zero-order chi connectivity index (χ0) is 24.4. The number of carbonyl (C=O) groups is 1. The van der Waals surface area contributed by atoms with Crippen molar-refractivity contribution in [2.24, 2.45) is 17.8 Å². The fourth-order valence-electron chi connectivity index (χ4n) is 4.71. The van der Waals surface area contributed by atoms with Crippen molar-refractivity contribution in [1.29, 1.82) is 0 Å². The van der Waals surface area contributed by atoms with E-state index < -0.39 is 11.0 Å². The van der Waals surface area contributed by atoms with Crippen LogP contribution in [-0.2, 0) is 20.9 Å². The number of nitrogens with zero attached hydrogens (tertiary/aromatic N) is 2. The third-order valence-corrected chi connectivity index (χ3v) is 7.57. The van der Waals surface area contributed by atoms with Crippen LogP contribution in [0.5, 0.6) is 5.75 Å². The number of rotatable bonds is 8. The lowest BCUT2D eigenvalue weighted by atomic mass is 9.87. The van der Waals surface area contributed by atoms with Crippen LogP contribution in [-0.4, -0.2) is 39.8 Å². The van der Waals surface area contributed by atoms with E-state index in [1.54, 1.807) is 32.9 Å².